The van der Waals surface area contributed by atoms with Crippen molar-refractivity contribution in [2.24, 2.45) is 0 Å². The standard InChI is InChI=1S/C30H24O4/c1-21(19-23-11-5-3-6-12-23)29(31)33-26-17-9-15-25-16-10-18-27(28(25)26)34-30(32)22(2)20-24-13-7-4-8-14-24/h3-20H,1-2H3/b21-19+,22-20+. The molecule has 0 unspecified atom stereocenters. The van der Waals surface area contributed by atoms with Crippen molar-refractivity contribution in [1.82, 2.24) is 0 Å². The molecule has 4 heteroatoms. The van der Waals surface area contributed by atoms with Gasteiger partial charge in [-0.1, -0.05) is 84.9 Å². The Morgan fingerprint density at radius 1 is 0.559 bits per heavy atom. The van der Waals surface area contributed by atoms with Gasteiger partial charge in [0.05, 0.1) is 5.39 Å². The lowest BCUT2D eigenvalue weighted by molar-refractivity contribution is -0.130. The third kappa shape index (κ3) is 5.48. The molecule has 0 heterocycles. The molecule has 0 aliphatic carbocycles. The molecule has 0 saturated carbocycles. The Morgan fingerprint density at radius 2 is 0.971 bits per heavy atom. The van der Waals surface area contributed by atoms with Gasteiger partial charge in [0.15, 0.2) is 0 Å². The van der Waals surface area contributed by atoms with Crippen LogP contribution in [0, 0.1) is 0 Å². The smallest absolute Gasteiger partial charge is 0.339 e. The van der Waals surface area contributed by atoms with Crippen LogP contribution in [0.15, 0.2) is 108 Å². The summed E-state index contributed by atoms with van der Waals surface area (Å²) in [6.45, 7) is 3.41. The molecule has 0 atom stereocenters. The summed E-state index contributed by atoms with van der Waals surface area (Å²) in [6.07, 6.45) is 3.54. The zero-order valence-electron chi connectivity index (χ0n) is 19.0. The molecule has 0 radical (unpaired) electrons. The molecule has 0 aliphatic heterocycles. The van der Waals surface area contributed by atoms with E-state index in [4.69, 9.17) is 9.47 Å². The van der Waals surface area contributed by atoms with E-state index in [2.05, 4.69) is 0 Å². The third-order valence-electron chi connectivity index (χ3n) is 5.24. The van der Waals surface area contributed by atoms with Gasteiger partial charge in [-0.05, 0) is 54.6 Å². The van der Waals surface area contributed by atoms with E-state index in [1.165, 1.54) is 0 Å². The average molecular weight is 449 g/mol. The van der Waals surface area contributed by atoms with E-state index in [1.54, 1.807) is 50.3 Å². The first kappa shape index (κ1) is 22.7. The van der Waals surface area contributed by atoms with Gasteiger partial charge in [-0.15, -0.1) is 0 Å². The number of fused-ring (bicyclic) bond motifs is 1. The quantitative estimate of drug-likeness (QED) is 0.184. The summed E-state index contributed by atoms with van der Waals surface area (Å²) in [5.74, 6) is -0.289. The van der Waals surface area contributed by atoms with Gasteiger partial charge in [0.25, 0.3) is 0 Å². The maximum absolute atomic E-state index is 12.8. The number of ether oxygens (including phenoxy) is 2. The Labute approximate surface area is 198 Å². The molecule has 0 aliphatic rings. The highest BCUT2D eigenvalue weighted by Crippen LogP contribution is 2.35. The molecular formula is C30H24O4. The summed E-state index contributed by atoms with van der Waals surface area (Å²) >= 11 is 0. The predicted octanol–water partition coefficient (Wildman–Crippen LogP) is 6.86. The van der Waals surface area contributed by atoms with Gasteiger partial charge in [0, 0.05) is 11.1 Å². The van der Waals surface area contributed by atoms with Crippen molar-refractivity contribution in [2.45, 2.75) is 13.8 Å². The van der Waals surface area contributed by atoms with Crippen LogP contribution < -0.4 is 9.47 Å². The highest BCUT2D eigenvalue weighted by molar-refractivity contribution is 6.01. The molecule has 0 saturated heterocycles. The number of benzene rings is 4. The molecule has 0 bridgehead atoms. The van der Waals surface area contributed by atoms with Crippen LogP contribution in [0.5, 0.6) is 11.5 Å². The van der Waals surface area contributed by atoms with Crippen molar-refractivity contribution in [2.75, 3.05) is 0 Å². The minimum absolute atomic E-state index is 0.330. The molecular weight excluding hydrogens is 424 g/mol. The van der Waals surface area contributed by atoms with Crippen LogP contribution in [0.2, 0.25) is 0 Å². The van der Waals surface area contributed by atoms with Gasteiger partial charge in [-0.3, -0.25) is 0 Å². The fourth-order valence-corrected chi connectivity index (χ4v) is 3.52. The summed E-state index contributed by atoms with van der Waals surface area (Å²) < 4.78 is 11.5. The number of hydrogen-bond acceptors (Lipinski definition) is 4. The first-order valence-corrected chi connectivity index (χ1v) is 10.9. The van der Waals surface area contributed by atoms with Crippen LogP contribution in [0.3, 0.4) is 0 Å². The second-order valence-corrected chi connectivity index (χ2v) is 7.87. The number of carbonyl (C=O) groups is 2. The summed E-state index contributed by atoms with van der Waals surface area (Å²) in [6, 6.07) is 29.9. The summed E-state index contributed by atoms with van der Waals surface area (Å²) in [5.41, 5.74) is 2.73. The molecule has 168 valence electrons. The van der Waals surface area contributed by atoms with Gasteiger partial charge < -0.3 is 9.47 Å². The SMILES string of the molecule is C/C(=C\c1ccccc1)C(=O)Oc1cccc2cccc(OC(=O)/C(C)=C/c3ccccc3)c12. The van der Waals surface area contributed by atoms with Gasteiger partial charge in [-0.2, -0.15) is 0 Å². The predicted molar refractivity (Wildman–Crippen MR) is 135 cm³/mol. The number of carbonyl (C=O) groups excluding carboxylic acids is 2. The van der Waals surface area contributed by atoms with Crippen LogP contribution in [0.4, 0.5) is 0 Å². The molecule has 4 rings (SSSR count). The van der Waals surface area contributed by atoms with Gasteiger partial charge in [0.2, 0.25) is 0 Å². The van der Waals surface area contributed by atoms with Crippen LogP contribution >= 0.6 is 0 Å². The van der Waals surface area contributed by atoms with Crippen LogP contribution in [0.25, 0.3) is 22.9 Å². The van der Waals surface area contributed by atoms with Crippen LogP contribution in [-0.4, -0.2) is 11.9 Å². The van der Waals surface area contributed by atoms with Crippen LogP contribution in [-0.2, 0) is 9.59 Å². The van der Waals surface area contributed by atoms with Crippen molar-refractivity contribution in [3.8, 4) is 11.5 Å². The van der Waals surface area contributed by atoms with Gasteiger partial charge in [0.1, 0.15) is 11.5 Å². The molecule has 34 heavy (non-hydrogen) atoms. The first-order valence-electron chi connectivity index (χ1n) is 10.9. The number of hydrogen-bond donors (Lipinski definition) is 0. The minimum atomic E-state index is -0.474. The lowest BCUT2D eigenvalue weighted by Crippen LogP contribution is -2.11. The van der Waals surface area contributed by atoms with E-state index in [1.807, 2.05) is 72.8 Å². The number of esters is 2. The van der Waals surface area contributed by atoms with E-state index < -0.39 is 11.9 Å². The molecule has 0 aromatic heterocycles. The monoisotopic (exact) mass is 448 g/mol. The molecule has 0 amide bonds. The maximum atomic E-state index is 12.8. The van der Waals surface area contributed by atoms with E-state index in [-0.39, 0.29) is 0 Å². The molecule has 4 nitrogen and oxygen atoms in total. The molecule has 0 N–H and O–H groups in total. The van der Waals surface area contributed by atoms with Crippen molar-refractivity contribution >= 4 is 34.9 Å². The molecule has 4 aromatic carbocycles. The highest BCUT2D eigenvalue weighted by atomic mass is 16.5. The summed E-state index contributed by atoms with van der Waals surface area (Å²) in [5, 5.41) is 1.36. The normalized spacial score (nSPS) is 11.8. The van der Waals surface area contributed by atoms with E-state index >= 15 is 0 Å². The van der Waals surface area contributed by atoms with Crippen molar-refractivity contribution in [3.05, 3.63) is 119 Å². The van der Waals surface area contributed by atoms with E-state index in [0.29, 0.717) is 28.0 Å². The van der Waals surface area contributed by atoms with Crippen molar-refractivity contribution < 1.29 is 19.1 Å². The molecule has 0 fully saturated rings. The number of rotatable bonds is 6. The lowest BCUT2D eigenvalue weighted by Gasteiger charge is -2.12. The Hall–Kier alpha value is -4.44. The van der Waals surface area contributed by atoms with Crippen molar-refractivity contribution in [3.63, 3.8) is 0 Å². The zero-order chi connectivity index (χ0) is 23.9. The first-order chi connectivity index (χ1) is 16.5. The zero-order valence-corrected chi connectivity index (χ0v) is 19.0. The third-order valence-corrected chi connectivity index (χ3v) is 5.24. The minimum Gasteiger partial charge on any atom is -0.422 e. The Morgan fingerprint density at radius 3 is 1.38 bits per heavy atom. The highest BCUT2D eigenvalue weighted by Gasteiger charge is 2.16. The Balaban J connectivity index is 1.61. The van der Waals surface area contributed by atoms with Crippen molar-refractivity contribution in [1.29, 1.82) is 0 Å². The second kappa shape index (κ2) is 10.5. The summed E-state index contributed by atoms with van der Waals surface area (Å²) in [4.78, 5) is 25.6. The molecule has 4 aromatic rings. The summed E-state index contributed by atoms with van der Waals surface area (Å²) in [7, 11) is 0. The fourth-order valence-electron chi connectivity index (χ4n) is 3.52. The fraction of sp³-hybridized carbons (Fsp3) is 0.0667. The topological polar surface area (TPSA) is 52.6 Å². The lowest BCUT2D eigenvalue weighted by atomic mass is 10.1. The second-order valence-electron chi connectivity index (χ2n) is 7.87. The Kier molecular flexibility index (Phi) is 6.99. The molecule has 0 spiro atoms. The maximum Gasteiger partial charge on any atom is 0.339 e. The van der Waals surface area contributed by atoms with E-state index in [9.17, 15) is 9.59 Å². The van der Waals surface area contributed by atoms with Crippen LogP contribution in [0.1, 0.15) is 25.0 Å². The van der Waals surface area contributed by atoms with Gasteiger partial charge in [-0.25, -0.2) is 9.59 Å². The van der Waals surface area contributed by atoms with E-state index in [0.717, 1.165) is 16.5 Å². The largest absolute Gasteiger partial charge is 0.422 e. The van der Waals surface area contributed by atoms with Gasteiger partial charge >= 0.3 is 11.9 Å². The Bertz CT molecular complexity index is 1280. The average Bonchev–Trinajstić information content (AvgIpc) is 2.85.